The number of carbonyl (C=O) groups is 3. The summed E-state index contributed by atoms with van der Waals surface area (Å²) in [6.45, 7) is 4.74. The Morgan fingerprint density at radius 2 is 1.58 bits per heavy atom. The molecule has 1 aliphatic heterocycles. The first-order valence-corrected chi connectivity index (χ1v) is 15.9. The molecule has 0 aromatic rings. The van der Waals surface area contributed by atoms with Gasteiger partial charge in [0, 0.05) is 29.5 Å². The molecule has 6 rings (SSSR count). The van der Waals surface area contributed by atoms with Gasteiger partial charge in [0.25, 0.3) is 0 Å². The largest absolute Gasteiger partial charge is 0.349 e. The molecule has 5 saturated carbocycles. The van der Waals surface area contributed by atoms with Gasteiger partial charge in [-0.25, -0.2) is 4.79 Å². The summed E-state index contributed by atoms with van der Waals surface area (Å²) in [5.41, 5.74) is -0.0324. The number of amides is 4. The molecule has 2 N–H and O–H groups in total. The van der Waals surface area contributed by atoms with E-state index < -0.39 is 0 Å². The third-order valence-electron chi connectivity index (χ3n) is 12.3. The van der Waals surface area contributed by atoms with E-state index >= 15 is 0 Å². The summed E-state index contributed by atoms with van der Waals surface area (Å²) in [6, 6.07) is 0.405. The number of rotatable bonds is 3. The van der Waals surface area contributed by atoms with Gasteiger partial charge >= 0.3 is 6.03 Å². The lowest BCUT2D eigenvalue weighted by molar-refractivity contribution is -0.143. The molecule has 4 amide bonds. The van der Waals surface area contributed by atoms with E-state index in [-0.39, 0.29) is 52.7 Å². The first-order valence-electron chi connectivity index (χ1n) is 15.9. The van der Waals surface area contributed by atoms with Crippen LogP contribution in [0.1, 0.15) is 117 Å². The third-order valence-corrected chi connectivity index (χ3v) is 12.3. The van der Waals surface area contributed by atoms with E-state index in [1.165, 1.54) is 25.7 Å². The highest BCUT2D eigenvalue weighted by molar-refractivity contribution is 5.96. The van der Waals surface area contributed by atoms with Gasteiger partial charge in [-0.1, -0.05) is 58.4 Å². The normalized spacial score (nSPS) is 41.4. The molecule has 210 valence electrons. The summed E-state index contributed by atoms with van der Waals surface area (Å²) >= 11 is 0. The Morgan fingerprint density at radius 3 is 2.32 bits per heavy atom. The van der Waals surface area contributed by atoms with Crippen molar-refractivity contribution in [3.05, 3.63) is 12.2 Å². The molecule has 38 heavy (non-hydrogen) atoms. The van der Waals surface area contributed by atoms with Crippen molar-refractivity contribution in [2.24, 2.45) is 34.5 Å². The van der Waals surface area contributed by atoms with Crippen LogP contribution in [0.15, 0.2) is 12.2 Å². The van der Waals surface area contributed by atoms with Crippen molar-refractivity contribution in [1.82, 2.24) is 15.5 Å². The fraction of sp³-hybridized carbons (Fsp3) is 0.844. The standard InChI is InChI=1S/C32H49N3O3/c1-31-19-17-25-23(13-16-27-32(25,2)20-18-28(36)34-27)24(31)14-15-26(31)29(37)35(22-11-7-4-8-12-22)30(38)33-21-9-5-3-6-10-21/h18,20-27H,3-17,19H2,1-2H3,(H,33,38)(H,34,36)/t23-,24-,25-,26+,27+,31-,32+/m0/s1. The Balaban J connectivity index is 1.23. The molecule has 0 aromatic heterocycles. The molecule has 7 atom stereocenters. The summed E-state index contributed by atoms with van der Waals surface area (Å²) < 4.78 is 0. The minimum absolute atomic E-state index is 0.00820. The maximum absolute atomic E-state index is 14.5. The van der Waals surface area contributed by atoms with Crippen molar-refractivity contribution in [2.45, 2.75) is 135 Å². The van der Waals surface area contributed by atoms with Gasteiger partial charge < -0.3 is 10.6 Å². The average molecular weight is 524 g/mol. The molecule has 0 saturated heterocycles. The van der Waals surface area contributed by atoms with Crippen LogP contribution in [0.2, 0.25) is 0 Å². The summed E-state index contributed by atoms with van der Waals surface area (Å²) in [4.78, 5) is 42.1. The van der Waals surface area contributed by atoms with Gasteiger partial charge in [0.15, 0.2) is 0 Å². The van der Waals surface area contributed by atoms with E-state index in [2.05, 4.69) is 30.6 Å². The molecule has 6 aliphatic rings. The van der Waals surface area contributed by atoms with Crippen molar-refractivity contribution >= 4 is 17.8 Å². The SMILES string of the molecule is C[C@]12C=CC(=O)N[C@@H]1CC[C@@H]1[C@@H]2CC[C@]2(C)[C@@H](C(=O)N(C(=O)NC3CCCCC3)C3CCCCC3)CC[C@@H]12. The molecule has 0 spiro atoms. The molecular weight excluding hydrogens is 474 g/mol. The fourth-order valence-corrected chi connectivity index (χ4v) is 10.2. The topological polar surface area (TPSA) is 78.5 Å². The number of urea groups is 1. The molecule has 5 aliphatic carbocycles. The number of hydrogen-bond donors (Lipinski definition) is 2. The van der Waals surface area contributed by atoms with Gasteiger partial charge in [-0.2, -0.15) is 0 Å². The Bertz CT molecular complexity index is 967. The van der Waals surface area contributed by atoms with Gasteiger partial charge in [0.1, 0.15) is 0 Å². The Hall–Kier alpha value is -1.85. The number of nitrogens with one attached hydrogen (secondary N) is 2. The second-order valence-corrected chi connectivity index (χ2v) is 14.2. The number of carbonyl (C=O) groups excluding carboxylic acids is 3. The summed E-state index contributed by atoms with van der Waals surface area (Å²) in [5.74, 6) is 1.78. The molecule has 6 heteroatoms. The number of fused-ring (bicyclic) bond motifs is 5. The van der Waals surface area contributed by atoms with Crippen LogP contribution in [0, 0.1) is 34.5 Å². The van der Waals surface area contributed by atoms with Crippen LogP contribution in [0.5, 0.6) is 0 Å². The third kappa shape index (κ3) is 4.42. The predicted octanol–water partition coefficient (Wildman–Crippen LogP) is 6.10. The van der Waals surface area contributed by atoms with Crippen molar-refractivity contribution < 1.29 is 14.4 Å². The van der Waals surface area contributed by atoms with E-state index in [9.17, 15) is 14.4 Å². The zero-order valence-corrected chi connectivity index (χ0v) is 23.7. The molecule has 1 heterocycles. The average Bonchev–Trinajstić information content (AvgIpc) is 3.27. The van der Waals surface area contributed by atoms with Gasteiger partial charge in [-0.3, -0.25) is 14.5 Å². The van der Waals surface area contributed by atoms with E-state index in [0.717, 1.165) is 77.0 Å². The van der Waals surface area contributed by atoms with Gasteiger partial charge in [0.05, 0.1) is 0 Å². The monoisotopic (exact) mass is 523 g/mol. The predicted molar refractivity (Wildman–Crippen MR) is 148 cm³/mol. The second kappa shape index (κ2) is 10.3. The van der Waals surface area contributed by atoms with Crippen LogP contribution in [-0.2, 0) is 9.59 Å². The Kier molecular flexibility index (Phi) is 7.14. The molecule has 5 fully saturated rings. The highest BCUT2D eigenvalue weighted by Gasteiger charge is 2.61. The first kappa shape index (κ1) is 26.4. The van der Waals surface area contributed by atoms with E-state index in [1.807, 2.05) is 0 Å². The molecular formula is C32H49N3O3. The van der Waals surface area contributed by atoms with Crippen LogP contribution in [0.4, 0.5) is 4.79 Å². The molecule has 0 bridgehead atoms. The van der Waals surface area contributed by atoms with Crippen molar-refractivity contribution in [3.63, 3.8) is 0 Å². The number of hydrogen-bond acceptors (Lipinski definition) is 3. The number of nitrogens with zero attached hydrogens (tertiary/aromatic N) is 1. The van der Waals surface area contributed by atoms with Crippen molar-refractivity contribution in [3.8, 4) is 0 Å². The zero-order chi connectivity index (χ0) is 26.5. The second-order valence-electron chi connectivity index (χ2n) is 14.2. The smallest absolute Gasteiger partial charge is 0.324 e. The minimum atomic E-state index is -0.106. The molecule has 0 radical (unpaired) electrons. The van der Waals surface area contributed by atoms with Crippen LogP contribution < -0.4 is 10.6 Å². The lowest BCUT2D eigenvalue weighted by Crippen LogP contribution is -2.60. The highest BCUT2D eigenvalue weighted by atomic mass is 16.2. The lowest BCUT2D eigenvalue weighted by atomic mass is 9.48. The number of imide groups is 1. The van der Waals surface area contributed by atoms with Crippen LogP contribution >= 0.6 is 0 Å². The van der Waals surface area contributed by atoms with E-state index in [1.54, 1.807) is 11.0 Å². The van der Waals surface area contributed by atoms with Crippen LogP contribution in [-0.4, -0.2) is 40.9 Å². The Labute approximate surface area is 229 Å². The van der Waals surface area contributed by atoms with Gasteiger partial charge in [-0.15, -0.1) is 0 Å². The quantitative estimate of drug-likeness (QED) is 0.469. The minimum Gasteiger partial charge on any atom is -0.349 e. The Morgan fingerprint density at radius 1 is 0.868 bits per heavy atom. The van der Waals surface area contributed by atoms with E-state index in [0.29, 0.717) is 17.8 Å². The lowest BCUT2D eigenvalue weighted by Gasteiger charge is -2.58. The van der Waals surface area contributed by atoms with Crippen LogP contribution in [0.25, 0.3) is 0 Å². The maximum atomic E-state index is 14.5. The zero-order valence-electron chi connectivity index (χ0n) is 23.7. The summed E-state index contributed by atoms with van der Waals surface area (Å²) in [7, 11) is 0. The maximum Gasteiger partial charge on any atom is 0.324 e. The van der Waals surface area contributed by atoms with Gasteiger partial charge in [-0.05, 0) is 93.5 Å². The molecule has 0 unspecified atom stereocenters. The summed E-state index contributed by atoms with van der Waals surface area (Å²) in [6.07, 6.45) is 21.3. The fourth-order valence-electron chi connectivity index (χ4n) is 10.2. The van der Waals surface area contributed by atoms with Crippen molar-refractivity contribution in [1.29, 1.82) is 0 Å². The highest BCUT2D eigenvalue weighted by Crippen LogP contribution is 2.65. The van der Waals surface area contributed by atoms with Gasteiger partial charge in [0.2, 0.25) is 11.8 Å². The van der Waals surface area contributed by atoms with E-state index in [4.69, 9.17) is 0 Å². The molecule has 6 nitrogen and oxygen atoms in total. The van der Waals surface area contributed by atoms with Crippen molar-refractivity contribution in [2.75, 3.05) is 0 Å². The van der Waals surface area contributed by atoms with Crippen LogP contribution in [0.3, 0.4) is 0 Å². The summed E-state index contributed by atoms with van der Waals surface area (Å²) in [5, 5.41) is 6.57. The first-order chi connectivity index (χ1) is 18.3. The molecule has 0 aromatic carbocycles.